The van der Waals surface area contributed by atoms with Gasteiger partial charge in [0.25, 0.3) is 0 Å². The molecular formula is C13H15BrN2O3. The number of halogens is 1. The van der Waals surface area contributed by atoms with Gasteiger partial charge in [-0.05, 0) is 38.2 Å². The molecule has 102 valence electrons. The summed E-state index contributed by atoms with van der Waals surface area (Å²) >= 11 is 3.28. The molecule has 0 radical (unpaired) electrons. The summed E-state index contributed by atoms with van der Waals surface area (Å²) in [6.07, 6.45) is 0.804. The average Bonchev–Trinajstić information content (AvgIpc) is 2.75. The third-order valence-electron chi connectivity index (χ3n) is 3.23. The Morgan fingerprint density at radius 3 is 2.79 bits per heavy atom. The molecule has 6 heteroatoms. The predicted octanol–water partition coefficient (Wildman–Crippen LogP) is 2.04. The van der Waals surface area contributed by atoms with Crippen molar-refractivity contribution in [1.82, 2.24) is 4.90 Å². The highest BCUT2D eigenvalue weighted by atomic mass is 79.9. The van der Waals surface area contributed by atoms with Crippen LogP contribution in [0.3, 0.4) is 0 Å². The summed E-state index contributed by atoms with van der Waals surface area (Å²) in [7, 11) is 1.97. The zero-order chi connectivity index (χ0) is 14.0. The fourth-order valence-electron chi connectivity index (χ4n) is 2.19. The lowest BCUT2D eigenvalue weighted by atomic mass is 10.1. The van der Waals surface area contributed by atoms with Crippen LogP contribution in [0, 0.1) is 5.92 Å². The lowest BCUT2D eigenvalue weighted by molar-refractivity contribution is -0.119. The summed E-state index contributed by atoms with van der Waals surface area (Å²) in [4.78, 5) is 25.3. The zero-order valence-corrected chi connectivity index (χ0v) is 12.1. The number of rotatable bonds is 3. The van der Waals surface area contributed by atoms with E-state index < -0.39 is 5.97 Å². The number of carbonyl (C=O) groups is 2. The Hall–Kier alpha value is -1.40. The number of nitrogens with zero attached hydrogens (tertiary/aromatic N) is 1. The van der Waals surface area contributed by atoms with Gasteiger partial charge in [-0.3, -0.25) is 4.79 Å². The van der Waals surface area contributed by atoms with E-state index in [4.69, 9.17) is 5.11 Å². The Labute approximate surface area is 119 Å². The number of carboxylic acid groups (broad SMARTS) is 1. The van der Waals surface area contributed by atoms with Crippen LogP contribution in [0.1, 0.15) is 16.8 Å². The summed E-state index contributed by atoms with van der Waals surface area (Å²) in [5.74, 6) is -1.25. The van der Waals surface area contributed by atoms with Crippen LogP contribution in [0.5, 0.6) is 0 Å². The highest BCUT2D eigenvalue weighted by molar-refractivity contribution is 9.10. The van der Waals surface area contributed by atoms with Crippen molar-refractivity contribution in [2.75, 3.05) is 25.5 Å². The van der Waals surface area contributed by atoms with E-state index in [-0.39, 0.29) is 17.4 Å². The molecule has 0 saturated carbocycles. The van der Waals surface area contributed by atoms with Gasteiger partial charge in [0.1, 0.15) is 0 Å². The molecule has 1 aliphatic heterocycles. The van der Waals surface area contributed by atoms with Gasteiger partial charge in [0.15, 0.2) is 0 Å². The van der Waals surface area contributed by atoms with E-state index >= 15 is 0 Å². The van der Waals surface area contributed by atoms with Gasteiger partial charge in [0.2, 0.25) is 5.91 Å². The largest absolute Gasteiger partial charge is 0.478 e. The smallest absolute Gasteiger partial charge is 0.337 e. The molecule has 1 aromatic carbocycles. The second-order valence-corrected chi connectivity index (χ2v) is 5.65. The van der Waals surface area contributed by atoms with Crippen LogP contribution in [0.2, 0.25) is 0 Å². The minimum Gasteiger partial charge on any atom is -0.478 e. The number of carbonyl (C=O) groups excluding carboxylic acids is 1. The van der Waals surface area contributed by atoms with Crippen LogP contribution in [-0.4, -0.2) is 42.0 Å². The normalized spacial score (nSPS) is 19.4. The van der Waals surface area contributed by atoms with Crippen molar-refractivity contribution >= 4 is 33.5 Å². The molecule has 1 aromatic rings. The third kappa shape index (κ3) is 3.33. The molecule has 19 heavy (non-hydrogen) atoms. The van der Waals surface area contributed by atoms with Gasteiger partial charge in [0.05, 0.1) is 17.2 Å². The first kappa shape index (κ1) is 14.0. The van der Waals surface area contributed by atoms with Crippen molar-refractivity contribution in [3.05, 3.63) is 28.2 Å². The monoisotopic (exact) mass is 326 g/mol. The maximum atomic E-state index is 12.1. The number of hydrogen-bond donors (Lipinski definition) is 2. The Morgan fingerprint density at radius 2 is 2.21 bits per heavy atom. The van der Waals surface area contributed by atoms with E-state index in [9.17, 15) is 9.59 Å². The number of nitrogens with one attached hydrogen (secondary N) is 1. The quantitative estimate of drug-likeness (QED) is 0.891. The van der Waals surface area contributed by atoms with Gasteiger partial charge in [-0.15, -0.1) is 0 Å². The molecule has 0 bridgehead atoms. The summed E-state index contributed by atoms with van der Waals surface area (Å²) in [6, 6.07) is 4.73. The predicted molar refractivity (Wildman–Crippen MR) is 75.3 cm³/mol. The van der Waals surface area contributed by atoms with Gasteiger partial charge < -0.3 is 15.3 Å². The van der Waals surface area contributed by atoms with E-state index in [0.717, 1.165) is 17.4 Å². The molecule has 1 heterocycles. The zero-order valence-electron chi connectivity index (χ0n) is 10.5. The molecule has 1 saturated heterocycles. The standard InChI is InChI=1S/C13H15BrN2O3/c1-16-5-4-8(7-16)12(17)15-11-6-9(14)2-3-10(11)13(18)19/h2-3,6,8H,4-5,7H2,1H3,(H,15,17)(H,18,19). The fraction of sp³-hybridized carbons (Fsp3) is 0.385. The van der Waals surface area contributed by atoms with Crippen molar-refractivity contribution in [3.63, 3.8) is 0 Å². The van der Waals surface area contributed by atoms with Crippen LogP contribution in [0.15, 0.2) is 22.7 Å². The molecule has 1 atom stereocenters. The molecule has 1 aliphatic rings. The van der Waals surface area contributed by atoms with E-state index in [1.807, 2.05) is 7.05 Å². The van der Waals surface area contributed by atoms with E-state index in [1.165, 1.54) is 6.07 Å². The molecule has 5 nitrogen and oxygen atoms in total. The van der Waals surface area contributed by atoms with Gasteiger partial charge in [0, 0.05) is 11.0 Å². The van der Waals surface area contributed by atoms with Gasteiger partial charge in [-0.25, -0.2) is 4.79 Å². The summed E-state index contributed by atoms with van der Waals surface area (Å²) in [6.45, 7) is 1.60. The average molecular weight is 327 g/mol. The maximum absolute atomic E-state index is 12.1. The van der Waals surface area contributed by atoms with Crippen molar-refractivity contribution in [3.8, 4) is 0 Å². The number of anilines is 1. The van der Waals surface area contributed by atoms with Crippen molar-refractivity contribution in [2.24, 2.45) is 5.92 Å². The molecule has 0 aromatic heterocycles. The van der Waals surface area contributed by atoms with Crippen LogP contribution in [0.25, 0.3) is 0 Å². The highest BCUT2D eigenvalue weighted by Crippen LogP contribution is 2.23. The van der Waals surface area contributed by atoms with Gasteiger partial charge >= 0.3 is 5.97 Å². The highest BCUT2D eigenvalue weighted by Gasteiger charge is 2.27. The van der Waals surface area contributed by atoms with Gasteiger partial charge in [-0.1, -0.05) is 15.9 Å². The first-order valence-electron chi connectivity index (χ1n) is 5.99. The number of amides is 1. The lowest BCUT2D eigenvalue weighted by Crippen LogP contribution is -2.26. The molecule has 1 fully saturated rings. The Bertz CT molecular complexity index is 519. The summed E-state index contributed by atoms with van der Waals surface area (Å²) < 4.78 is 0.733. The molecule has 0 aliphatic carbocycles. The lowest BCUT2D eigenvalue weighted by Gasteiger charge is -2.13. The SMILES string of the molecule is CN1CCC(C(=O)Nc2cc(Br)ccc2C(=O)O)C1. The van der Waals surface area contributed by atoms with E-state index in [0.29, 0.717) is 12.2 Å². The van der Waals surface area contributed by atoms with Crippen molar-refractivity contribution in [2.45, 2.75) is 6.42 Å². The molecule has 2 N–H and O–H groups in total. The maximum Gasteiger partial charge on any atom is 0.337 e. The number of aromatic carboxylic acids is 1. The van der Waals surface area contributed by atoms with E-state index in [1.54, 1.807) is 12.1 Å². The number of benzene rings is 1. The minimum absolute atomic E-state index is 0.0781. The van der Waals surface area contributed by atoms with Crippen LogP contribution >= 0.6 is 15.9 Å². The Kier molecular flexibility index (Phi) is 4.21. The van der Waals surface area contributed by atoms with Crippen LogP contribution < -0.4 is 5.32 Å². The van der Waals surface area contributed by atoms with Gasteiger partial charge in [-0.2, -0.15) is 0 Å². The second-order valence-electron chi connectivity index (χ2n) is 4.73. The Morgan fingerprint density at radius 1 is 1.47 bits per heavy atom. The fourth-order valence-corrected chi connectivity index (χ4v) is 2.55. The van der Waals surface area contributed by atoms with Crippen LogP contribution in [0.4, 0.5) is 5.69 Å². The summed E-state index contributed by atoms with van der Waals surface area (Å²) in [5.41, 5.74) is 0.435. The first-order valence-corrected chi connectivity index (χ1v) is 6.79. The van der Waals surface area contributed by atoms with Crippen LogP contribution in [-0.2, 0) is 4.79 Å². The van der Waals surface area contributed by atoms with Crippen molar-refractivity contribution in [1.29, 1.82) is 0 Å². The molecule has 2 rings (SSSR count). The number of carboxylic acids is 1. The minimum atomic E-state index is -1.05. The molecular weight excluding hydrogens is 312 g/mol. The molecule has 1 unspecified atom stereocenters. The topological polar surface area (TPSA) is 69.6 Å². The molecule has 1 amide bonds. The van der Waals surface area contributed by atoms with E-state index in [2.05, 4.69) is 26.1 Å². The molecule has 0 spiro atoms. The number of likely N-dealkylation sites (tertiary alicyclic amines) is 1. The second kappa shape index (κ2) is 5.71. The summed E-state index contributed by atoms with van der Waals surface area (Å²) in [5, 5.41) is 11.8. The Balaban J connectivity index is 2.16. The third-order valence-corrected chi connectivity index (χ3v) is 3.73. The first-order chi connectivity index (χ1) is 8.97. The number of hydrogen-bond acceptors (Lipinski definition) is 3. The van der Waals surface area contributed by atoms with Crippen molar-refractivity contribution < 1.29 is 14.7 Å².